The SMILES string of the molecule is CCN1CCN(CC(C)CNC(=NC)NCc2ccc(F)cc2)CC1.I. The van der Waals surface area contributed by atoms with Crippen LogP contribution in [-0.2, 0) is 6.54 Å². The number of aliphatic imine (C=N–C) groups is 1. The standard InChI is InChI=1S/C19H32FN5.HI/c1-4-24-9-11-25(12-10-24)15-16(2)13-22-19(21-3)23-14-17-5-7-18(20)8-6-17;/h5-8,16H,4,9-15H2,1-3H3,(H2,21,22,23);1H. The highest BCUT2D eigenvalue weighted by Gasteiger charge is 2.17. The van der Waals surface area contributed by atoms with Crippen LogP contribution >= 0.6 is 24.0 Å². The number of piperazine rings is 1. The van der Waals surface area contributed by atoms with Gasteiger partial charge in [0, 0.05) is 52.9 Å². The highest BCUT2D eigenvalue weighted by molar-refractivity contribution is 14.0. The summed E-state index contributed by atoms with van der Waals surface area (Å²) in [5.74, 6) is 1.13. The fraction of sp³-hybridized carbons (Fsp3) is 0.632. The molecule has 0 radical (unpaired) electrons. The van der Waals surface area contributed by atoms with Crippen LogP contribution in [0.5, 0.6) is 0 Å². The molecule has 1 aliphatic rings. The zero-order chi connectivity index (χ0) is 18.1. The lowest BCUT2D eigenvalue weighted by atomic mass is 10.1. The van der Waals surface area contributed by atoms with E-state index in [-0.39, 0.29) is 29.8 Å². The summed E-state index contributed by atoms with van der Waals surface area (Å²) in [7, 11) is 1.77. The van der Waals surface area contributed by atoms with Gasteiger partial charge >= 0.3 is 0 Å². The van der Waals surface area contributed by atoms with Crippen molar-refractivity contribution < 1.29 is 4.39 Å². The molecule has 26 heavy (non-hydrogen) atoms. The third-order valence-electron chi connectivity index (χ3n) is 4.70. The number of nitrogens with zero attached hydrogens (tertiary/aromatic N) is 3. The summed E-state index contributed by atoms with van der Waals surface area (Å²) in [5.41, 5.74) is 1.03. The van der Waals surface area contributed by atoms with Crippen LogP contribution in [0.2, 0.25) is 0 Å². The lowest BCUT2D eigenvalue weighted by molar-refractivity contribution is 0.124. The topological polar surface area (TPSA) is 42.9 Å². The van der Waals surface area contributed by atoms with Gasteiger partial charge in [-0.1, -0.05) is 26.0 Å². The molecule has 0 aromatic heterocycles. The molecule has 148 valence electrons. The van der Waals surface area contributed by atoms with E-state index < -0.39 is 0 Å². The van der Waals surface area contributed by atoms with E-state index in [0.29, 0.717) is 12.5 Å². The van der Waals surface area contributed by atoms with Crippen LogP contribution in [-0.4, -0.2) is 68.6 Å². The Morgan fingerprint density at radius 1 is 1.12 bits per heavy atom. The van der Waals surface area contributed by atoms with Crippen molar-refractivity contribution in [3.8, 4) is 0 Å². The van der Waals surface area contributed by atoms with Gasteiger partial charge in [0.2, 0.25) is 0 Å². The molecular weight excluding hydrogens is 444 g/mol. The van der Waals surface area contributed by atoms with Gasteiger partial charge in [-0.2, -0.15) is 0 Å². The predicted octanol–water partition coefficient (Wildman–Crippen LogP) is 2.38. The number of halogens is 2. The first-order chi connectivity index (χ1) is 12.1. The summed E-state index contributed by atoms with van der Waals surface area (Å²) in [5, 5.41) is 6.66. The number of guanidine groups is 1. The van der Waals surface area contributed by atoms with Gasteiger partial charge in [-0.15, -0.1) is 24.0 Å². The Hall–Kier alpha value is -0.930. The molecule has 0 bridgehead atoms. The largest absolute Gasteiger partial charge is 0.356 e. The molecule has 0 aliphatic carbocycles. The first-order valence-corrected chi connectivity index (χ1v) is 9.24. The molecule has 1 unspecified atom stereocenters. The number of benzene rings is 1. The highest BCUT2D eigenvalue weighted by Crippen LogP contribution is 2.05. The average Bonchev–Trinajstić information content (AvgIpc) is 2.64. The molecule has 1 heterocycles. The number of hydrogen-bond acceptors (Lipinski definition) is 3. The second kappa shape index (κ2) is 12.5. The van der Waals surface area contributed by atoms with Crippen molar-refractivity contribution in [2.24, 2.45) is 10.9 Å². The minimum atomic E-state index is -0.208. The van der Waals surface area contributed by atoms with Gasteiger partial charge in [0.25, 0.3) is 0 Å². The van der Waals surface area contributed by atoms with E-state index in [1.807, 2.05) is 0 Å². The smallest absolute Gasteiger partial charge is 0.191 e. The van der Waals surface area contributed by atoms with Crippen molar-refractivity contribution in [2.45, 2.75) is 20.4 Å². The van der Waals surface area contributed by atoms with E-state index in [1.165, 1.54) is 25.2 Å². The lowest BCUT2D eigenvalue weighted by Crippen LogP contribution is -2.48. The van der Waals surface area contributed by atoms with Crippen LogP contribution in [0.1, 0.15) is 19.4 Å². The molecule has 2 rings (SSSR count). The summed E-state index contributed by atoms with van der Waals surface area (Å²) >= 11 is 0. The number of rotatable bonds is 7. The Kier molecular flexibility index (Phi) is 11.1. The first-order valence-electron chi connectivity index (χ1n) is 9.24. The van der Waals surface area contributed by atoms with Crippen molar-refractivity contribution >= 4 is 29.9 Å². The van der Waals surface area contributed by atoms with Crippen LogP contribution in [0.15, 0.2) is 29.3 Å². The van der Waals surface area contributed by atoms with Crippen molar-refractivity contribution in [1.29, 1.82) is 0 Å². The Bertz CT molecular complexity index is 529. The Morgan fingerprint density at radius 2 is 1.73 bits per heavy atom. The second-order valence-electron chi connectivity index (χ2n) is 6.77. The molecule has 7 heteroatoms. The zero-order valence-electron chi connectivity index (χ0n) is 16.2. The van der Waals surface area contributed by atoms with E-state index in [1.54, 1.807) is 19.2 Å². The van der Waals surface area contributed by atoms with Gasteiger partial charge in [0.15, 0.2) is 5.96 Å². The lowest BCUT2D eigenvalue weighted by Gasteiger charge is -2.35. The molecule has 0 saturated carbocycles. The summed E-state index contributed by atoms with van der Waals surface area (Å²) in [6, 6.07) is 6.53. The maximum atomic E-state index is 12.9. The minimum Gasteiger partial charge on any atom is -0.356 e. The monoisotopic (exact) mass is 477 g/mol. The molecule has 0 amide bonds. The van der Waals surface area contributed by atoms with E-state index in [2.05, 4.69) is 39.3 Å². The molecular formula is C19H33FIN5. The molecule has 1 saturated heterocycles. The van der Waals surface area contributed by atoms with Gasteiger partial charge in [-0.3, -0.25) is 4.99 Å². The van der Waals surface area contributed by atoms with Gasteiger partial charge in [0.05, 0.1) is 0 Å². The molecule has 1 aromatic carbocycles. The first kappa shape index (κ1) is 23.1. The molecule has 1 aromatic rings. The maximum Gasteiger partial charge on any atom is 0.191 e. The zero-order valence-corrected chi connectivity index (χ0v) is 18.5. The molecule has 0 spiro atoms. The summed E-state index contributed by atoms with van der Waals surface area (Å²) in [4.78, 5) is 9.31. The minimum absolute atomic E-state index is 0. The maximum absolute atomic E-state index is 12.9. The van der Waals surface area contributed by atoms with Crippen molar-refractivity contribution in [2.75, 3.05) is 52.9 Å². The predicted molar refractivity (Wildman–Crippen MR) is 118 cm³/mol. The van der Waals surface area contributed by atoms with E-state index in [0.717, 1.165) is 44.2 Å². The summed E-state index contributed by atoms with van der Waals surface area (Å²) < 4.78 is 12.9. The normalized spacial score (nSPS) is 17.5. The van der Waals surface area contributed by atoms with Gasteiger partial charge in [-0.05, 0) is 30.2 Å². The highest BCUT2D eigenvalue weighted by atomic mass is 127. The quantitative estimate of drug-likeness (QED) is 0.360. The van der Waals surface area contributed by atoms with E-state index in [4.69, 9.17) is 0 Å². The van der Waals surface area contributed by atoms with Crippen LogP contribution in [0.3, 0.4) is 0 Å². The molecule has 1 aliphatic heterocycles. The van der Waals surface area contributed by atoms with E-state index >= 15 is 0 Å². The molecule has 2 N–H and O–H groups in total. The fourth-order valence-electron chi connectivity index (χ4n) is 3.07. The third-order valence-corrected chi connectivity index (χ3v) is 4.70. The van der Waals surface area contributed by atoms with Crippen LogP contribution in [0, 0.1) is 11.7 Å². The van der Waals surface area contributed by atoms with E-state index in [9.17, 15) is 4.39 Å². The summed E-state index contributed by atoms with van der Waals surface area (Å²) in [6.07, 6.45) is 0. The Labute approximate surface area is 174 Å². The number of nitrogens with one attached hydrogen (secondary N) is 2. The van der Waals surface area contributed by atoms with Crippen molar-refractivity contribution in [1.82, 2.24) is 20.4 Å². The number of hydrogen-bond donors (Lipinski definition) is 2. The van der Waals surface area contributed by atoms with Crippen LogP contribution < -0.4 is 10.6 Å². The number of likely N-dealkylation sites (N-methyl/N-ethyl adjacent to an activating group) is 1. The van der Waals surface area contributed by atoms with Gasteiger partial charge in [0.1, 0.15) is 5.82 Å². The molecule has 1 fully saturated rings. The Morgan fingerprint density at radius 3 is 2.31 bits per heavy atom. The third kappa shape index (κ3) is 8.18. The van der Waals surface area contributed by atoms with Crippen LogP contribution in [0.25, 0.3) is 0 Å². The average molecular weight is 477 g/mol. The Balaban J connectivity index is 0.00000338. The second-order valence-corrected chi connectivity index (χ2v) is 6.77. The molecule has 1 atom stereocenters. The van der Waals surface area contributed by atoms with Crippen molar-refractivity contribution in [3.63, 3.8) is 0 Å². The summed E-state index contributed by atoms with van der Waals surface area (Å²) in [6.45, 7) is 13.0. The van der Waals surface area contributed by atoms with Gasteiger partial charge < -0.3 is 20.4 Å². The van der Waals surface area contributed by atoms with Crippen molar-refractivity contribution in [3.05, 3.63) is 35.6 Å². The fourth-order valence-corrected chi connectivity index (χ4v) is 3.07. The van der Waals surface area contributed by atoms with Crippen LogP contribution in [0.4, 0.5) is 4.39 Å². The molecule has 5 nitrogen and oxygen atoms in total. The van der Waals surface area contributed by atoms with Gasteiger partial charge in [-0.25, -0.2) is 4.39 Å².